The molecule has 6 heteroatoms. The van der Waals surface area contributed by atoms with Gasteiger partial charge in [-0.05, 0) is 37.1 Å². The highest BCUT2D eigenvalue weighted by Crippen LogP contribution is 2.24. The van der Waals surface area contributed by atoms with Crippen LogP contribution in [0.3, 0.4) is 0 Å². The molecule has 3 rings (SSSR count). The molecule has 0 bridgehead atoms. The third-order valence-corrected chi connectivity index (χ3v) is 4.60. The maximum atomic E-state index is 12.4. The number of benzene rings is 2. The van der Waals surface area contributed by atoms with Crippen molar-refractivity contribution in [3.05, 3.63) is 64.7 Å². The van der Waals surface area contributed by atoms with Gasteiger partial charge in [-0.2, -0.15) is 0 Å². The first kappa shape index (κ1) is 18.6. The van der Waals surface area contributed by atoms with Crippen LogP contribution < -0.4 is 10.1 Å². The summed E-state index contributed by atoms with van der Waals surface area (Å²) < 4.78 is 5.29. The Morgan fingerprint density at radius 3 is 2.59 bits per heavy atom. The van der Waals surface area contributed by atoms with Gasteiger partial charge in [0.1, 0.15) is 5.75 Å². The van der Waals surface area contributed by atoms with E-state index in [1.54, 1.807) is 25.3 Å². The van der Waals surface area contributed by atoms with Crippen molar-refractivity contribution in [2.75, 3.05) is 20.2 Å². The van der Waals surface area contributed by atoms with Crippen molar-refractivity contribution in [1.82, 2.24) is 10.2 Å². The van der Waals surface area contributed by atoms with Crippen molar-refractivity contribution in [3.63, 3.8) is 0 Å². The molecule has 0 saturated carbocycles. The Bertz CT molecular complexity index is 892. The molecule has 6 nitrogen and oxygen atoms in total. The van der Waals surface area contributed by atoms with Crippen molar-refractivity contribution in [1.29, 1.82) is 0 Å². The Morgan fingerprint density at radius 2 is 1.81 bits per heavy atom. The number of nitrogens with zero attached hydrogens (tertiary/aromatic N) is 1. The number of rotatable bonds is 7. The highest BCUT2D eigenvalue weighted by molar-refractivity contribution is 6.21. The predicted molar refractivity (Wildman–Crippen MR) is 101 cm³/mol. The number of amides is 3. The van der Waals surface area contributed by atoms with Crippen LogP contribution in [-0.4, -0.2) is 42.8 Å². The molecule has 1 N–H and O–H groups in total. The number of methoxy groups -OCH3 is 1. The zero-order chi connectivity index (χ0) is 19.4. The van der Waals surface area contributed by atoms with Gasteiger partial charge in [-0.3, -0.25) is 19.3 Å². The van der Waals surface area contributed by atoms with Gasteiger partial charge in [0.05, 0.1) is 18.2 Å². The molecule has 0 aliphatic carbocycles. The molecule has 27 heavy (non-hydrogen) atoms. The number of aryl methyl sites for hydroxylation is 1. The zero-order valence-corrected chi connectivity index (χ0v) is 15.5. The second-order valence-electron chi connectivity index (χ2n) is 6.47. The molecule has 0 radical (unpaired) electrons. The van der Waals surface area contributed by atoms with E-state index in [0.29, 0.717) is 24.1 Å². The molecule has 2 aromatic carbocycles. The molecule has 0 aromatic heterocycles. The standard InChI is InChI=1S/C21H22N2O4/c1-14-7-8-16-17(13-14)21(26)23(20(16)25)12-10-19(24)22-11-9-15-5-3-4-6-18(15)27-2/h3-8,13H,9-12H2,1-2H3,(H,22,24). The molecule has 2 aromatic rings. The third kappa shape index (κ3) is 4.00. The zero-order valence-electron chi connectivity index (χ0n) is 15.5. The lowest BCUT2D eigenvalue weighted by Crippen LogP contribution is -2.35. The van der Waals surface area contributed by atoms with Crippen LogP contribution in [0.15, 0.2) is 42.5 Å². The number of hydrogen-bond donors (Lipinski definition) is 1. The summed E-state index contributed by atoms with van der Waals surface area (Å²) in [5, 5.41) is 2.82. The number of ether oxygens (including phenoxy) is 1. The summed E-state index contributed by atoms with van der Waals surface area (Å²) in [5.41, 5.74) is 2.75. The van der Waals surface area contributed by atoms with Crippen LogP contribution in [0.1, 0.15) is 38.3 Å². The van der Waals surface area contributed by atoms with Crippen LogP contribution in [0.5, 0.6) is 5.75 Å². The molecular formula is C21H22N2O4. The Labute approximate surface area is 158 Å². The first-order valence-electron chi connectivity index (χ1n) is 8.86. The van der Waals surface area contributed by atoms with E-state index in [0.717, 1.165) is 21.8 Å². The number of fused-ring (bicyclic) bond motifs is 1. The highest BCUT2D eigenvalue weighted by Gasteiger charge is 2.35. The normalized spacial score (nSPS) is 12.9. The van der Waals surface area contributed by atoms with Crippen LogP contribution in [0, 0.1) is 6.92 Å². The number of nitrogens with one attached hydrogen (secondary N) is 1. The van der Waals surface area contributed by atoms with Crippen molar-refractivity contribution in [2.24, 2.45) is 0 Å². The summed E-state index contributed by atoms with van der Waals surface area (Å²) in [7, 11) is 1.61. The molecular weight excluding hydrogens is 344 g/mol. The summed E-state index contributed by atoms with van der Waals surface area (Å²) in [6.07, 6.45) is 0.721. The maximum absolute atomic E-state index is 12.4. The summed E-state index contributed by atoms with van der Waals surface area (Å²) in [5.74, 6) is -0.0805. The number of carbonyl (C=O) groups excluding carboxylic acids is 3. The smallest absolute Gasteiger partial charge is 0.261 e. The highest BCUT2D eigenvalue weighted by atomic mass is 16.5. The first-order valence-corrected chi connectivity index (χ1v) is 8.86. The predicted octanol–water partition coefficient (Wildman–Crippen LogP) is 2.35. The van der Waals surface area contributed by atoms with Gasteiger partial charge < -0.3 is 10.1 Å². The third-order valence-electron chi connectivity index (χ3n) is 4.60. The van der Waals surface area contributed by atoms with Crippen LogP contribution >= 0.6 is 0 Å². The molecule has 1 aliphatic heterocycles. The molecule has 0 fully saturated rings. The van der Waals surface area contributed by atoms with Crippen molar-refractivity contribution >= 4 is 17.7 Å². The fourth-order valence-electron chi connectivity index (χ4n) is 3.16. The lowest BCUT2D eigenvalue weighted by molar-refractivity contribution is -0.121. The number of hydrogen-bond acceptors (Lipinski definition) is 4. The Balaban J connectivity index is 1.50. The average Bonchev–Trinajstić information content (AvgIpc) is 2.90. The Hall–Kier alpha value is -3.15. The minimum Gasteiger partial charge on any atom is -0.496 e. The van der Waals surface area contributed by atoms with Gasteiger partial charge in [0.15, 0.2) is 0 Å². The fraction of sp³-hybridized carbons (Fsp3) is 0.286. The minimum atomic E-state index is -0.336. The van der Waals surface area contributed by atoms with Crippen LogP contribution in [0.2, 0.25) is 0 Å². The van der Waals surface area contributed by atoms with Gasteiger partial charge in [0, 0.05) is 19.5 Å². The maximum Gasteiger partial charge on any atom is 0.261 e. The van der Waals surface area contributed by atoms with Gasteiger partial charge in [0.25, 0.3) is 11.8 Å². The SMILES string of the molecule is COc1ccccc1CCNC(=O)CCN1C(=O)c2ccc(C)cc2C1=O. The van der Waals surface area contributed by atoms with Gasteiger partial charge in [-0.25, -0.2) is 0 Å². The summed E-state index contributed by atoms with van der Waals surface area (Å²) in [6.45, 7) is 2.41. The Morgan fingerprint density at radius 1 is 1.07 bits per heavy atom. The van der Waals surface area contributed by atoms with Gasteiger partial charge >= 0.3 is 0 Å². The largest absolute Gasteiger partial charge is 0.496 e. The van der Waals surface area contributed by atoms with Crippen LogP contribution in [0.25, 0.3) is 0 Å². The summed E-state index contributed by atoms with van der Waals surface area (Å²) in [6, 6.07) is 12.8. The molecule has 1 heterocycles. The number of carbonyl (C=O) groups is 3. The molecule has 0 spiro atoms. The van der Waals surface area contributed by atoms with Crippen LogP contribution in [0.4, 0.5) is 0 Å². The lowest BCUT2D eigenvalue weighted by Gasteiger charge is -2.14. The minimum absolute atomic E-state index is 0.0753. The van der Waals surface area contributed by atoms with E-state index in [4.69, 9.17) is 4.74 Å². The topological polar surface area (TPSA) is 75.7 Å². The summed E-state index contributed by atoms with van der Waals surface area (Å²) >= 11 is 0. The second kappa shape index (κ2) is 8.03. The first-order chi connectivity index (χ1) is 13.0. The quantitative estimate of drug-likeness (QED) is 0.763. The monoisotopic (exact) mass is 366 g/mol. The van der Waals surface area contributed by atoms with E-state index in [2.05, 4.69) is 5.32 Å². The van der Waals surface area contributed by atoms with Gasteiger partial charge in [-0.15, -0.1) is 0 Å². The Kier molecular flexibility index (Phi) is 5.54. The molecule has 0 atom stereocenters. The van der Waals surface area contributed by atoms with Crippen molar-refractivity contribution < 1.29 is 19.1 Å². The van der Waals surface area contributed by atoms with Gasteiger partial charge in [-0.1, -0.05) is 29.8 Å². The molecule has 3 amide bonds. The average molecular weight is 366 g/mol. The van der Waals surface area contributed by atoms with Gasteiger partial charge in [0.2, 0.25) is 5.91 Å². The molecule has 140 valence electrons. The van der Waals surface area contributed by atoms with E-state index >= 15 is 0 Å². The summed E-state index contributed by atoms with van der Waals surface area (Å²) in [4.78, 5) is 38.0. The molecule has 1 aliphatic rings. The number of imide groups is 1. The van der Waals surface area contributed by atoms with E-state index in [9.17, 15) is 14.4 Å². The number of para-hydroxylation sites is 1. The lowest BCUT2D eigenvalue weighted by atomic mass is 10.1. The van der Waals surface area contributed by atoms with Crippen molar-refractivity contribution in [2.45, 2.75) is 19.8 Å². The second-order valence-corrected chi connectivity index (χ2v) is 6.47. The molecule has 0 unspecified atom stereocenters. The van der Waals surface area contributed by atoms with Crippen LogP contribution in [-0.2, 0) is 11.2 Å². The van der Waals surface area contributed by atoms with E-state index in [-0.39, 0.29) is 30.7 Å². The van der Waals surface area contributed by atoms with E-state index in [1.165, 1.54) is 0 Å². The molecule has 0 saturated heterocycles. The van der Waals surface area contributed by atoms with E-state index < -0.39 is 0 Å². The fourth-order valence-corrected chi connectivity index (χ4v) is 3.16. The van der Waals surface area contributed by atoms with E-state index in [1.807, 2.05) is 31.2 Å². The van der Waals surface area contributed by atoms with Crippen molar-refractivity contribution in [3.8, 4) is 5.75 Å².